The first kappa shape index (κ1) is 13.6. The highest BCUT2D eigenvalue weighted by molar-refractivity contribution is 6.31. The summed E-state index contributed by atoms with van der Waals surface area (Å²) in [6.45, 7) is 5.58. The Kier molecular flexibility index (Phi) is 3.35. The lowest BCUT2D eigenvalue weighted by atomic mass is 10.1. The third kappa shape index (κ3) is 2.36. The second kappa shape index (κ2) is 5.19. The first-order chi connectivity index (χ1) is 10.1. The van der Waals surface area contributed by atoms with Crippen LogP contribution in [0.25, 0.3) is 22.7 Å². The molecule has 0 spiro atoms. The van der Waals surface area contributed by atoms with Crippen molar-refractivity contribution in [1.29, 1.82) is 0 Å². The van der Waals surface area contributed by atoms with Crippen molar-refractivity contribution in [3.8, 4) is 5.69 Å². The number of benzene rings is 2. The van der Waals surface area contributed by atoms with E-state index in [1.165, 1.54) is 0 Å². The third-order valence-electron chi connectivity index (χ3n) is 3.41. The zero-order valence-corrected chi connectivity index (χ0v) is 12.3. The van der Waals surface area contributed by atoms with Crippen molar-refractivity contribution in [2.45, 2.75) is 6.92 Å². The summed E-state index contributed by atoms with van der Waals surface area (Å²) < 4.78 is 1.57. The summed E-state index contributed by atoms with van der Waals surface area (Å²) in [6.07, 6.45) is 1.74. The first-order valence-electron chi connectivity index (χ1n) is 6.52. The normalized spacial score (nSPS) is 10.8. The first-order valence-corrected chi connectivity index (χ1v) is 6.90. The lowest BCUT2D eigenvalue weighted by Crippen LogP contribution is -2.22. The summed E-state index contributed by atoms with van der Waals surface area (Å²) in [5.74, 6) is 0. The molecular formula is C17H13ClN2O. The Bertz CT molecular complexity index is 912. The van der Waals surface area contributed by atoms with Crippen LogP contribution in [-0.4, -0.2) is 9.55 Å². The number of fused-ring (bicyclic) bond motifs is 1. The predicted octanol–water partition coefficient (Wildman–Crippen LogP) is 3.99. The van der Waals surface area contributed by atoms with Gasteiger partial charge in [-0.25, -0.2) is 4.79 Å². The molecule has 21 heavy (non-hydrogen) atoms. The summed E-state index contributed by atoms with van der Waals surface area (Å²) in [5, 5.41) is 1.49. The standard InChI is InChI=1S/C17H13ClN2O/c1-3-12-5-4-6-14(9-12)20-16-10-13(18)7-8-15(16)11(2)19-17(20)21/h3-10H,1H2,2H3. The zero-order valence-electron chi connectivity index (χ0n) is 11.5. The molecule has 4 heteroatoms. The van der Waals surface area contributed by atoms with Gasteiger partial charge in [0.2, 0.25) is 0 Å². The predicted molar refractivity (Wildman–Crippen MR) is 87.2 cm³/mol. The zero-order chi connectivity index (χ0) is 15.0. The highest BCUT2D eigenvalue weighted by Gasteiger charge is 2.10. The number of hydrogen-bond acceptors (Lipinski definition) is 2. The van der Waals surface area contributed by atoms with E-state index in [-0.39, 0.29) is 5.69 Å². The van der Waals surface area contributed by atoms with Gasteiger partial charge in [0.1, 0.15) is 0 Å². The molecule has 0 saturated carbocycles. The lowest BCUT2D eigenvalue weighted by Gasteiger charge is -2.12. The minimum Gasteiger partial charge on any atom is -0.260 e. The number of nitrogens with zero attached hydrogens (tertiary/aromatic N) is 2. The van der Waals surface area contributed by atoms with Crippen LogP contribution in [0.15, 0.2) is 53.8 Å². The maximum atomic E-state index is 12.3. The highest BCUT2D eigenvalue weighted by Crippen LogP contribution is 2.22. The van der Waals surface area contributed by atoms with Crippen LogP contribution in [0.2, 0.25) is 5.02 Å². The SMILES string of the molecule is C=Cc1cccc(-n2c(=O)nc(C)c3ccc(Cl)cc32)c1. The van der Waals surface area contributed by atoms with Gasteiger partial charge in [0.25, 0.3) is 0 Å². The van der Waals surface area contributed by atoms with Gasteiger partial charge in [-0.05, 0) is 42.8 Å². The van der Waals surface area contributed by atoms with E-state index in [0.29, 0.717) is 10.7 Å². The van der Waals surface area contributed by atoms with Gasteiger partial charge in [-0.3, -0.25) is 4.57 Å². The average Bonchev–Trinajstić information content (AvgIpc) is 2.47. The van der Waals surface area contributed by atoms with E-state index in [9.17, 15) is 4.79 Å². The van der Waals surface area contributed by atoms with Gasteiger partial charge in [0.15, 0.2) is 0 Å². The Labute approximate surface area is 127 Å². The van der Waals surface area contributed by atoms with E-state index in [2.05, 4.69) is 11.6 Å². The minimum absolute atomic E-state index is 0.316. The lowest BCUT2D eigenvalue weighted by molar-refractivity contribution is 0.940. The molecule has 0 N–H and O–H groups in total. The summed E-state index contributed by atoms with van der Waals surface area (Å²) in [5.41, 5.74) is 2.82. The van der Waals surface area contributed by atoms with Crippen LogP contribution in [0.1, 0.15) is 11.3 Å². The average molecular weight is 297 g/mol. The van der Waals surface area contributed by atoms with Gasteiger partial charge in [0, 0.05) is 10.4 Å². The van der Waals surface area contributed by atoms with Crippen LogP contribution >= 0.6 is 11.6 Å². The molecule has 0 amide bonds. The Hall–Kier alpha value is -2.39. The number of rotatable bonds is 2. The fourth-order valence-electron chi connectivity index (χ4n) is 2.39. The van der Waals surface area contributed by atoms with Crippen molar-refractivity contribution in [2.75, 3.05) is 0 Å². The molecular weight excluding hydrogens is 284 g/mol. The number of aromatic nitrogens is 2. The van der Waals surface area contributed by atoms with Gasteiger partial charge < -0.3 is 0 Å². The molecule has 0 radical (unpaired) electrons. The van der Waals surface area contributed by atoms with Crippen molar-refractivity contribution < 1.29 is 0 Å². The smallest absolute Gasteiger partial charge is 0.260 e. The second-order valence-electron chi connectivity index (χ2n) is 4.78. The second-order valence-corrected chi connectivity index (χ2v) is 5.21. The Morgan fingerprint density at radius 3 is 2.81 bits per heavy atom. The molecule has 0 aliphatic heterocycles. The largest absolute Gasteiger partial charge is 0.352 e. The molecule has 3 nitrogen and oxygen atoms in total. The van der Waals surface area contributed by atoms with Gasteiger partial charge in [-0.1, -0.05) is 36.4 Å². The number of hydrogen-bond donors (Lipinski definition) is 0. The molecule has 3 aromatic rings. The van der Waals surface area contributed by atoms with E-state index < -0.39 is 0 Å². The topological polar surface area (TPSA) is 34.9 Å². The Morgan fingerprint density at radius 1 is 1.24 bits per heavy atom. The van der Waals surface area contributed by atoms with Gasteiger partial charge in [-0.2, -0.15) is 4.98 Å². The van der Waals surface area contributed by atoms with Gasteiger partial charge in [0.05, 0.1) is 16.9 Å². The molecule has 0 aliphatic rings. The molecule has 3 rings (SSSR count). The fourth-order valence-corrected chi connectivity index (χ4v) is 2.56. The quantitative estimate of drug-likeness (QED) is 0.716. The van der Waals surface area contributed by atoms with E-state index in [1.807, 2.05) is 37.3 Å². The summed E-state index contributed by atoms with van der Waals surface area (Å²) >= 11 is 6.09. The van der Waals surface area contributed by atoms with E-state index in [0.717, 1.165) is 22.2 Å². The molecule has 0 unspecified atom stereocenters. The van der Waals surface area contributed by atoms with Crippen molar-refractivity contribution in [2.24, 2.45) is 0 Å². The Balaban J connectivity index is 2.43. The van der Waals surface area contributed by atoms with Crippen LogP contribution in [0.5, 0.6) is 0 Å². The minimum atomic E-state index is -0.316. The monoisotopic (exact) mass is 296 g/mol. The molecule has 0 aliphatic carbocycles. The van der Waals surface area contributed by atoms with E-state index in [4.69, 9.17) is 11.6 Å². The van der Waals surface area contributed by atoms with Crippen molar-refractivity contribution in [3.63, 3.8) is 0 Å². The molecule has 0 atom stereocenters. The van der Waals surface area contributed by atoms with E-state index >= 15 is 0 Å². The Morgan fingerprint density at radius 2 is 2.05 bits per heavy atom. The number of halogens is 1. The molecule has 1 aromatic heterocycles. The maximum Gasteiger partial charge on any atom is 0.352 e. The van der Waals surface area contributed by atoms with Crippen LogP contribution in [-0.2, 0) is 0 Å². The molecule has 0 saturated heterocycles. The van der Waals surface area contributed by atoms with Gasteiger partial charge in [-0.15, -0.1) is 0 Å². The molecule has 104 valence electrons. The highest BCUT2D eigenvalue weighted by atomic mass is 35.5. The van der Waals surface area contributed by atoms with Crippen molar-refractivity contribution >= 4 is 28.6 Å². The third-order valence-corrected chi connectivity index (χ3v) is 3.64. The fraction of sp³-hybridized carbons (Fsp3) is 0.0588. The van der Waals surface area contributed by atoms with Crippen molar-refractivity contribution in [1.82, 2.24) is 9.55 Å². The van der Waals surface area contributed by atoms with Crippen LogP contribution in [0.4, 0.5) is 0 Å². The van der Waals surface area contributed by atoms with Gasteiger partial charge >= 0.3 is 5.69 Å². The van der Waals surface area contributed by atoms with Crippen LogP contribution < -0.4 is 5.69 Å². The summed E-state index contributed by atoms with van der Waals surface area (Å²) in [4.78, 5) is 16.5. The summed E-state index contributed by atoms with van der Waals surface area (Å²) in [6, 6.07) is 13.0. The number of aryl methyl sites for hydroxylation is 1. The van der Waals surface area contributed by atoms with E-state index in [1.54, 1.807) is 22.8 Å². The molecule has 0 bridgehead atoms. The van der Waals surface area contributed by atoms with Crippen molar-refractivity contribution in [3.05, 3.63) is 75.8 Å². The molecule has 1 heterocycles. The van der Waals surface area contributed by atoms with Crippen LogP contribution in [0.3, 0.4) is 0 Å². The van der Waals surface area contributed by atoms with Crippen LogP contribution in [0, 0.1) is 6.92 Å². The molecule has 0 fully saturated rings. The summed E-state index contributed by atoms with van der Waals surface area (Å²) in [7, 11) is 0. The maximum absolute atomic E-state index is 12.3. The molecule has 2 aromatic carbocycles.